The minimum atomic E-state index is -0.287. The van der Waals surface area contributed by atoms with Gasteiger partial charge in [-0.3, -0.25) is 14.3 Å². The Bertz CT molecular complexity index is 707. The number of aromatic nitrogens is 2. The van der Waals surface area contributed by atoms with Crippen molar-refractivity contribution in [3.8, 4) is 0 Å². The molecule has 0 amide bonds. The standard InChI is InChI=1S/C13H17N3O2S/c1-8-5-10-11(19-8)15-13(18)16(12(10)17)7-9-3-2-4-14-6-9/h5,9,14H,2-4,6-7H2,1H3,(H,15,18). The highest BCUT2D eigenvalue weighted by molar-refractivity contribution is 7.18. The van der Waals surface area contributed by atoms with Gasteiger partial charge in [-0.25, -0.2) is 4.79 Å². The van der Waals surface area contributed by atoms with Gasteiger partial charge in [0.05, 0.1) is 5.39 Å². The lowest BCUT2D eigenvalue weighted by atomic mass is 10.00. The first-order valence-corrected chi connectivity index (χ1v) is 7.41. The molecule has 2 N–H and O–H groups in total. The second-order valence-corrected chi connectivity index (χ2v) is 6.41. The van der Waals surface area contributed by atoms with Gasteiger partial charge in [-0.2, -0.15) is 0 Å². The second-order valence-electron chi connectivity index (χ2n) is 5.16. The molecule has 102 valence electrons. The largest absolute Gasteiger partial charge is 0.329 e. The minimum absolute atomic E-state index is 0.159. The molecule has 1 aliphatic heterocycles. The van der Waals surface area contributed by atoms with Gasteiger partial charge in [0.2, 0.25) is 0 Å². The van der Waals surface area contributed by atoms with Gasteiger partial charge in [0.15, 0.2) is 0 Å². The Hall–Kier alpha value is -1.40. The highest BCUT2D eigenvalue weighted by atomic mass is 32.1. The third-order valence-electron chi connectivity index (χ3n) is 3.64. The molecule has 1 aliphatic rings. The van der Waals surface area contributed by atoms with Gasteiger partial charge in [0.1, 0.15) is 4.83 Å². The number of thiophene rings is 1. The van der Waals surface area contributed by atoms with E-state index in [0.29, 0.717) is 22.7 Å². The number of hydrogen-bond acceptors (Lipinski definition) is 4. The molecule has 2 aromatic heterocycles. The molecule has 1 unspecified atom stereocenters. The average Bonchev–Trinajstić information content (AvgIpc) is 2.76. The zero-order valence-electron chi connectivity index (χ0n) is 10.9. The van der Waals surface area contributed by atoms with Gasteiger partial charge in [-0.05, 0) is 44.8 Å². The Kier molecular flexibility index (Phi) is 3.28. The SMILES string of the molecule is Cc1cc2c(=O)n(CC3CCCNC3)c(=O)[nH]c2s1. The molecule has 1 fully saturated rings. The molecular formula is C13H17N3O2S. The quantitative estimate of drug-likeness (QED) is 0.864. The predicted octanol–water partition coefficient (Wildman–Crippen LogP) is 1.06. The van der Waals surface area contributed by atoms with Gasteiger partial charge >= 0.3 is 5.69 Å². The van der Waals surface area contributed by atoms with Gasteiger partial charge in [0, 0.05) is 11.4 Å². The normalized spacial score (nSPS) is 19.9. The summed E-state index contributed by atoms with van der Waals surface area (Å²) in [5.41, 5.74) is -0.446. The fourth-order valence-corrected chi connectivity index (χ4v) is 3.57. The Morgan fingerprint density at radius 1 is 1.47 bits per heavy atom. The number of rotatable bonds is 2. The summed E-state index contributed by atoms with van der Waals surface area (Å²) in [4.78, 5) is 28.9. The summed E-state index contributed by atoms with van der Waals surface area (Å²) in [7, 11) is 0. The maximum atomic E-state index is 12.4. The van der Waals surface area contributed by atoms with Crippen LogP contribution in [0.4, 0.5) is 0 Å². The molecule has 0 saturated carbocycles. The first kappa shape index (κ1) is 12.6. The number of piperidine rings is 1. The fourth-order valence-electron chi connectivity index (χ4n) is 2.67. The average molecular weight is 279 g/mol. The molecule has 0 bridgehead atoms. The molecular weight excluding hydrogens is 262 g/mol. The van der Waals surface area contributed by atoms with Crippen molar-refractivity contribution < 1.29 is 0 Å². The van der Waals surface area contributed by atoms with E-state index in [1.54, 1.807) is 0 Å². The first-order chi connectivity index (χ1) is 9.15. The van der Waals surface area contributed by atoms with E-state index < -0.39 is 0 Å². The van der Waals surface area contributed by atoms with Crippen molar-refractivity contribution in [2.24, 2.45) is 5.92 Å². The van der Waals surface area contributed by atoms with E-state index in [-0.39, 0.29) is 11.2 Å². The highest BCUT2D eigenvalue weighted by Gasteiger charge is 2.17. The van der Waals surface area contributed by atoms with E-state index in [1.807, 2.05) is 13.0 Å². The lowest BCUT2D eigenvalue weighted by molar-refractivity contribution is 0.330. The Morgan fingerprint density at radius 2 is 2.32 bits per heavy atom. The molecule has 3 rings (SSSR count). The van der Waals surface area contributed by atoms with Crippen LogP contribution in [-0.2, 0) is 6.54 Å². The summed E-state index contributed by atoms with van der Waals surface area (Å²) in [6.07, 6.45) is 2.18. The molecule has 2 aromatic rings. The van der Waals surface area contributed by atoms with Crippen LogP contribution in [0.5, 0.6) is 0 Å². The highest BCUT2D eigenvalue weighted by Crippen LogP contribution is 2.19. The number of hydrogen-bond donors (Lipinski definition) is 2. The Balaban J connectivity index is 2.02. The van der Waals surface area contributed by atoms with Crippen LogP contribution in [0.25, 0.3) is 10.2 Å². The van der Waals surface area contributed by atoms with E-state index in [0.717, 1.165) is 30.8 Å². The molecule has 19 heavy (non-hydrogen) atoms. The van der Waals surface area contributed by atoms with E-state index in [2.05, 4.69) is 10.3 Å². The fraction of sp³-hybridized carbons (Fsp3) is 0.538. The second kappa shape index (κ2) is 4.94. The van der Waals surface area contributed by atoms with Crippen molar-refractivity contribution in [1.29, 1.82) is 0 Å². The van der Waals surface area contributed by atoms with Crippen LogP contribution in [0.3, 0.4) is 0 Å². The summed E-state index contributed by atoms with van der Waals surface area (Å²) < 4.78 is 1.35. The smallest absolute Gasteiger partial charge is 0.316 e. The first-order valence-electron chi connectivity index (χ1n) is 6.59. The lowest BCUT2D eigenvalue weighted by Gasteiger charge is -2.22. The number of nitrogens with one attached hydrogen (secondary N) is 2. The van der Waals surface area contributed by atoms with Crippen molar-refractivity contribution >= 4 is 21.6 Å². The van der Waals surface area contributed by atoms with Crippen molar-refractivity contribution in [3.63, 3.8) is 0 Å². The Morgan fingerprint density at radius 3 is 3.05 bits per heavy atom. The number of H-pyrrole nitrogens is 1. The van der Waals surface area contributed by atoms with Crippen LogP contribution < -0.4 is 16.6 Å². The maximum Gasteiger partial charge on any atom is 0.329 e. The summed E-state index contributed by atoms with van der Waals surface area (Å²) in [5.74, 6) is 0.365. The number of aryl methyl sites for hydroxylation is 1. The summed E-state index contributed by atoms with van der Waals surface area (Å²) >= 11 is 1.45. The van der Waals surface area contributed by atoms with Gasteiger partial charge in [-0.1, -0.05) is 0 Å². The maximum absolute atomic E-state index is 12.4. The molecule has 6 heteroatoms. The zero-order valence-corrected chi connectivity index (χ0v) is 11.7. The molecule has 1 atom stereocenters. The van der Waals surface area contributed by atoms with Gasteiger partial charge in [-0.15, -0.1) is 11.3 Å². The summed E-state index contributed by atoms with van der Waals surface area (Å²) in [6.45, 7) is 4.36. The molecule has 1 saturated heterocycles. The molecule has 3 heterocycles. The van der Waals surface area contributed by atoms with E-state index >= 15 is 0 Å². The van der Waals surface area contributed by atoms with Crippen LogP contribution in [0, 0.1) is 12.8 Å². The van der Waals surface area contributed by atoms with Crippen LogP contribution >= 0.6 is 11.3 Å². The molecule has 0 radical (unpaired) electrons. The molecule has 0 aromatic carbocycles. The molecule has 5 nitrogen and oxygen atoms in total. The van der Waals surface area contributed by atoms with Gasteiger partial charge in [0.25, 0.3) is 5.56 Å². The number of aromatic amines is 1. The minimum Gasteiger partial charge on any atom is -0.316 e. The van der Waals surface area contributed by atoms with Crippen molar-refractivity contribution in [2.75, 3.05) is 13.1 Å². The van der Waals surface area contributed by atoms with Gasteiger partial charge < -0.3 is 5.32 Å². The predicted molar refractivity (Wildman–Crippen MR) is 77.0 cm³/mol. The molecule has 0 spiro atoms. The van der Waals surface area contributed by atoms with Crippen molar-refractivity contribution in [3.05, 3.63) is 31.8 Å². The summed E-state index contributed by atoms with van der Waals surface area (Å²) in [5, 5.41) is 3.94. The van der Waals surface area contributed by atoms with Crippen LogP contribution in [-0.4, -0.2) is 22.6 Å². The third-order valence-corrected chi connectivity index (χ3v) is 4.60. The van der Waals surface area contributed by atoms with Crippen LogP contribution in [0.15, 0.2) is 15.7 Å². The van der Waals surface area contributed by atoms with E-state index in [4.69, 9.17) is 0 Å². The monoisotopic (exact) mass is 279 g/mol. The van der Waals surface area contributed by atoms with E-state index in [1.165, 1.54) is 15.9 Å². The van der Waals surface area contributed by atoms with Crippen LogP contribution in [0.1, 0.15) is 17.7 Å². The summed E-state index contributed by atoms with van der Waals surface area (Å²) in [6, 6.07) is 1.86. The van der Waals surface area contributed by atoms with E-state index in [9.17, 15) is 9.59 Å². The lowest BCUT2D eigenvalue weighted by Crippen LogP contribution is -2.40. The molecule has 0 aliphatic carbocycles. The Labute approximate surface area is 114 Å². The zero-order chi connectivity index (χ0) is 13.4. The number of nitrogens with zero attached hydrogens (tertiary/aromatic N) is 1. The number of fused-ring (bicyclic) bond motifs is 1. The topological polar surface area (TPSA) is 66.9 Å². The van der Waals surface area contributed by atoms with Crippen LogP contribution in [0.2, 0.25) is 0 Å². The van der Waals surface area contributed by atoms with Crippen molar-refractivity contribution in [1.82, 2.24) is 14.9 Å². The van der Waals surface area contributed by atoms with Crippen molar-refractivity contribution in [2.45, 2.75) is 26.3 Å². The third kappa shape index (κ3) is 2.37.